The quantitative estimate of drug-likeness (QED) is 0.871. The number of rotatable bonds is 5. The van der Waals surface area contributed by atoms with E-state index in [-0.39, 0.29) is 11.5 Å². The minimum atomic E-state index is -3.58. The van der Waals surface area contributed by atoms with E-state index in [0.29, 0.717) is 11.6 Å². The number of anilines is 1. The number of aliphatic hydroxyl groups excluding tert-OH is 1. The van der Waals surface area contributed by atoms with Crippen molar-refractivity contribution in [1.82, 2.24) is 4.98 Å². The van der Waals surface area contributed by atoms with Crippen LogP contribution in [0.2, 0.25) is 0 Å². The van der Waals surface area contributed by atoms with Gasteiger partial charge in [-0.2, -0.15) is 0 Å². The second-order valence-electron chi connectivity index (χ2n) is 3.56. The molecule has 1 aromatic carbocycles. The molecule has 2 N–H and O–H groups in total. The highest BCUT2D eigenvalue weighted by atomic mass is 32.2. The molecule has 0 aliphatic heterocycles. The zero-order valence-electron chi connectivity index (χ0n) is 9.41. The maximum absolute atomic E-state index is 12.0. The van der Waals surface area contributed by atoms with E-state index in [4.69, 9.17) is 5.11 Å². The molecule has 0 unspecified atom stereocenters. The van der Waals surface area contributed by atoms with Gasteiger partial charge in [0.05, 0.1) is 4.90 Å². The summed E-state index contributed by atoms with van der Waals surface area (Å²) in [5.74, 6) is 0. The van der Waals surface area contributed by atoms with Gasteiger partial charge in [-0.25, -0.2) is 13.4 Å². The Kier molecular flexibility index (Phi) is 3.95. The number of nitrogens with one attached hydrogen (secondary N) is 1. The molecule has 0 aliphatic rings. The van der Waals surface area contributed by atoms with Crippen LogP contribution in [0.3, 0.4) is 0 Å². The third-order valence-electron chi connectivity index (χ3n) is 2.29. The van der Waals surface area contributed by atoms with Gasteiger partial charge in [0.2, 0.25) is 0 Å². The summed E-state index contributed by atoms with van der Waals surface area (Å²) in [6.45, 7) is 0.0451. The lowest BCUT2D eigenvalue weighted by Gasteiger charge is -2.05. The summed E-state index contributed by atoms with van der Waals surface area (Å²) in [5, 5.41) is 10.8. The van der Waals surface area contributed by atoms with E-state index in [1.165, 1.54) is 29.7 Å². The van der Waals surface area contributed by atoms with E-state index in [0.717, 1.165) is 5.56 Å². The monoisotopic (exact) mass is 284 g/mol. The standard InChI is InChI=1S/C11H12N2O3S2/c14-7-5-9-1-3-10(4-2-9)18(15,16)13-11-12-6-8-17-11/h1-4,6,8,14H,5,7H2,(H,12,13). The molecule has 0 radical (unpaired) electrons. The molecule has 0 spiro atoms. The zero-order chi connectivity index (χ0) is 13.0. The SMILES string of the molecule is O=S(=O)(Nc1nccs1)c1ccc(CCO)cc1. The molecule has 1 aromatic heterocycles. The van der Waals surface area contributed by atoms with E-state index in [1.54, 1.807) is 17.5 Å². The fraction of sp³-hybridized carbons (Fsp3) is 0.182. The first-order chi connectivity index (χ1) is 8.62. The van der Waals surface area contributed by atoms with Crippen LogP contribution < -0.4 is 4.72 Å². The summed E-state index contributed by atoms with van der Waals surface area (Å²) < 4.78 is 26.3. The maximum Gasteiger partial charge on any atom is 0.263 e. The van der Waals surface area contributed by atoms with Crippen molar-refractivity contribution in [2.45, 2.75) is 11.3 Å². The maximum atomic E-state index is 12.0. The van der Waals surface area contributed by atoms with Gasteiger partial charge in [0, 0.05) is 18.2 Å². The average Bonchev–Trinajstić information content (AvgIpc) is 2.82. The van der Waals surface area contributed by atoms with E-state index < -0.39 is 10.0 Å². The minimum Gasteiger partial charge on any atom is -0.396 e. The molecule has 0 saturated carbocycles. The molecule has 96 valence electrons. The highest BCUT2D eigenvalue weighted by Crippen LogP contribution is 2.18. The molecule has 18 heavy (non-hydrogen) atoms. The first-order valence-electron chi connectivity index (χ1n) is 5.24. The Balaban J connectivity index is 2.19. The molecule has 0 amide bonds. The topological polar surface area (TPSA) is 79.3 Å². The van der Waals surface area contributed by atoms with Crippen molar-refractivity contribution in [2.75, 3.05) is 11.3 Å². The lowest BCUT2D eigenvalue weighted by atomic mass is 10.2. The number of thiazole rings is 1. The summed E-state index contributed by atoms with van der Waals surface area (Å²) in [4.78, 5) is 4.05. The number of benzene rings is 1. The Morgan fingerprint density at radius 3 is 2.56 bits per heavy atom. The van der Waals surface area contributed by atoms with Gasteiger partial charge < -0.3 is 5.11 Å². The van der Waals surface area contributed by atoms with Crippen molar-refractivity contribution in [3.63, 3.8) is 0 Å². The molecule has 5 nitrogen and oxygen atoms in total. The van der Waals surface area contributed by atoms with Crippen LogP contribution in [-0.4, -0.2) is 25.1 Å². The van der Waals surface area contributed by atoms with Gasteiger partial charge in [0.1, 0.15) is 0 Å². The van der Waals surface area contributed by atoms with Gasteiger partial charge in [-0.15, -0.1) is 11.3 Å². The highest BCUT2D eigenvalue weighted by molar-refractivity contribution is 7.93. The predicted molar refractivity (Wildman–Crippen MR) is 70.2 cm³/mol. The Labute approximate surface area is 109 Å². The number of aliphatic hydroxyl groups is 1. The number of hydrogen-bond acceptors (Lipinski definition) is 5. The van der Waals surface area contributed by atoms with Crippen LogP contribution in [0.4, 0.5) is 5.13 Å². The van der Waals surface area contributed by atoms with Crippen LogP contribution in [0.1, 0.15) is 5.56 Å². The molecular formula is C11H12N2O3S2. The first-order valence-corrected chi connectivity index (χ1v) is 7.60. The molecule has 2 rings (SSSR count). The molecule has 0 atom stereocenters. The lowest BCUT2D eigenvalue weighted by molar-refractivity contribution is 0.299. The van der Waals surface area contributed by atoms with E-state index in [2.05, 4.69) is 9.71 Å². The second kappa shape index (κ2) is 5.47. The molecule has 0 bridgehead atoms. The summed E-state index contributed by atoms with van der Waals surface area (Å²) in [6.07, 6.45) is 2.05. The van der Waals surface area contributed by atoms with Crippen molar-refractivity contribution in [1.29, 1.82) is 0 Å². The molecule has 2 aromatic rings. The largest absolute Gasteiger partial charge is 0.396 e. The summed E-state index contributed by atoms with van der Waals surface area (Å²) >= 11 is 1.22. The van der Waals surface area contributed by atoms with Crippen LogP contribution in [0.15, 0.2) is 40.7 Å². The number of hydrogen-bond donors (Lipinski definition) is 2. The van der Waals surface area contributed by atoms with Crippen LogP contribution in [-0.2, 0) is 16.4 Å². The molecule has 1 heterocycles. The second-order valence-corrected chi connectivity index (χ2v) is 6.14. The summed E-state index contributed by atoms with van der Waals surface area (Å²) in [6, 6.07) is 6.40. The van der Waals surface area contributed by atoms with Crippen LogP contribution in [0, 0.1) is 0 Å². The Morgan fingerprint density at radius 1 is 1.28 bits per heavy atom. The normalized spacial score (nSPS) is 11.4. The van der Waals surface area contributed by atoms with Gasteiger partial charge in [-0.3, -0.25) is 4.72 Å². The summed E-state index contributed by atoms with van der Waals surface area (Å²) in [5.41, 5.74) is 0.894. The van der Waals surface area contributed by atoms with Gasteiger partial charge in [-0.1, -0.05) is 12.1 Å². The van der Waals surface area contributed by atoms with Crippen molar-refractivity contribution in [2.24, 2.45) is 0 Å². The van der Waals surface area contributed by atoms with E-state index in [9.17, 15) is 8.42 Å². The zero-order valence-corrected chi connectivity index (χ0v) is 11.0. The Morgan fingerprint density at radius 2 is 2.00 bits per heavy atom. The van der Waals surface area contributed by atoms with Crippen molar-refractivity contribution in [3.8, 4) is 0 Å². The van der Waals surface area contributed by atoms with Crippen molar-refractivity contribution < 1.29 is 13.5 Å². The highest BCUT2D eigenvalue weighted by Gasteiger charge is 2.14. The number of nitrogens with zero attached hydrogens (tertiary/aromatic N) is 1. The van der Waals surface area contributed by atoms with Crippen LogP contribution >= 0.6 is 11.3 Å². The third-order valence-corrected chi connectivity index (χ3v) is 4.46. The molecule has 0 saturated heterocycles. The van der Waals surface area contributed by atoms with E-state index >= 15 is 0 Å². The van der Waals surface area contributed by atoms with Crippen LogP contribution in [0.5, 0.6) is 0 Å². The van der Waals surface area contributed by atoms with E-state index in [1.807, 2.05) is 0 Å². The summed E-state index contributed by atoms with van der Waals surface area (Å²) in [7, 11) is -3.58. The van der Waals surface area contributed by atoms with Crippen molar-refractivity contribution >= 4 is 26.5 Å². The lowest BCUT2D eigenvalue weighted by Crippen LogP contribution is -2.12. The Hall–Kier alpha value is -1.44. The predicted octanol–water partition coefficient (Wildman–Crippen LogP) is 1.48. The van der Waals surface area contributed by atoms with Gasteiger partial charge >= 0.3 is 0 Å². The molecule has 7 heteroatoms. The molecular weight excluding hydrogens is 272 g/mol. The first kappa shape index (κ1) is 13.0. The number of sulfonamides is 1. The fourth-order valence-corrected chi connectivity index (χ4v) is 3.20. The van der Waals surface area contributed by atoms with Crippen LogP contribution in [0.25, 0.3) is 0 Å². The number of aromatic nitrogens is 1. The van der Waals surface area contributed by atoms with Crippen molar-refractivity contribution in [3.05, 3.63) is 41.4 Å². The molecule has 0 fully saturated rings. The minimum absolute atomic E-state index is 0.0451. The fourth-order valence-electron chi connectivity index (χ4n) is 1.41. The van der Waals surface area contributed by atoms with Gasteiger partial charge in [-0.05, 0) is 24.1 Å². The molecule has 0 aliphatic carbocycles. The Bertz CT molecular complexity index is 592. The van der Waals surface area contributed by atoms with Gasteiger partial charge in [0.25, 0.3) is 10.0 Å². The average molecular weight is 284 g/mol. The third kappa shape index (κ3) is 3.06. The van der Waals surface area contributed by atoms with Gasteiger partial charge in [0.15, 0.2) is 5.13 Å². The smallest absolute Gasteiger partial charge is 0.263 e.